The summed E-state index contributed by atoms with van der Waals surface area (Å²) in [5.41, 5.74) is 0. The summed E-state index contributed by atoms with van der Waals surface area (Å²) in [6.45, 7) is 5.48. The fourth-order valence-corrected chi connectivity index (χ4v) is 2.95. The van der Waals surface area contributed by atoms with Gasteiger partial charge in [0.2, 0.25) is 0 Å². The van der Waals surface area contributed by atoms with Crippen LogP contribution in [0.15, 0.2) is 0 Å². The quantitative estimate of drug-likeness (QED) is 0.169. The minimum atomic E-state index is -0.0642. The molecule has 0 spiro atoms. The third-order valence-corrected chi connectivity index (χ3v) is 4.57. The van der Waals surface area contributed by atoms with Crippen LogP contribution in [-0.2, 0) is 9.53 Å². The predicted molar refractivity (Wildman–Crippen MR) is 104 cm³/mol. The molecule has 0 fully saturated rings. The number of hydrogen-bond acceptors (Lipinski definition) is 3. The van der Waals surface area contributed by atoms with Gasteiger partial charge in [0.15, 0.2) is 0 Å². The number of nitrogens with one attached hydrogen (secondary N) is 1. The molecule has 0 aromatic carbocycles. The Balaban J connectivity index is 3.06. The van der Waals surface area contributed by atoms with Crippen LogP contribution in [-0.4, -0.2) is 19.2 Å². The van der Waals surface area contributed by atoms with Gasteiger partial charge in [-0.1, -0.05) is 104 Å². The first-order chi connectivity index (χ1) is 11.8. The van der Waals surface area contributed by atoms with Crippen LogP contribution in [0.25, 0.3) is 0 Å². The Morgan fingerprint density at radius 3 is 1.50 bits per heavy atom. The van der Waals surface area contributed by atoms with Crippen molar-refractivity contribution in [2.24, 2.45) is 0 Å². The fraction of sp³-hybridized carbons (Fsp3) is 0.952. The lowest BCUT2D eigenvalue weighted by Crippen LogP contribution is -2.20. The number of ether oxygens (including phenoxy) is 1. The van der Waals surface area contributed by atoms with Gasteiger partial charge in [0.25, 0.3) is 0 Å². The number of esters is 1. The number of carbonyl (C=O) groups is 1. The molecule has 0 saturated heterocycles. The van der Waals surface area contributed by atoms with E-state index >= 15 is 0 Å². The van der Waals surface area contributed by atoms with Crippen LogP contribution >= 0.6 is 0 Å². The summed E-state index contributed by atoms with van der Waals surface area (Å²) < 4.78 is 5.05. The van der Waals surface area contributed by atoms with Crippen molar-refractivity contribution in [1.82, 2.24) is 5.32 Å². The van der Waals surface area contributed by atoms with Crippen LogP contribution in [0.5, 0.6) is 0 Å². The molecule has 0 amide bonds. The maximum Gasteiger partial charge on any atom is 0.307 e. The van der Waals surface area contributed by atoms with E-state index in [4.69, 9.17) is 4.74 Å². The molecule has 24 heavy (non-hydrogen) atoms. The average molecular weight is 342 g/mol. The number of carbonyl (C=O) groups excluding carboxylic acids is 1. The topological polar surface area (TPSA) is 38.3 Å². The van der Waals surface area contributed by atoms with Gasteiger partial charge in [-0.2, -0.15) is 0 Å². The zero-order valence-corrected chi connectivity index (χ0v) is 16.5. The summed E-state index contributed by atoms with van der Waals surface area (Å²) in [4.78, 5) is 11.4. The first-order valence-corrected chi connectivity index (χ1v) is 10.7. The molecule has 0 bridgehead atoms. The number of hydrogen-bond donors (Lipinski definition) is 1. The van der Waals surface area contributed by atoms with Gasteiger partial charge in [-0.15, -0.1) is 0 Å². The van der Waals surface area contributed by atoms with E-state index in [1.807, 2.05) is 6.92 Å². The first-order valence-electron chi connectivity index (χ1n) is 10.7. The Morgan fingerprint density at radius 1 is 0.667 bits per heavy atom. The standard InChI is InChI=1S/C21H43NO2/c1-3-5-6-7-8-9-10-11-12-13-14-15-16-17-18-19-21(23)24-20-22-4-2/h22H,3-20H2,1-2H3. The van der Waals surface area contributed by atoms with Crippen molar-refractivity contribution in [2.75, 3.05) is 13.3 Å². The van der Waals surface area contributed by atoms with Crippen molar-refractivity contribution >= 4 is 5.97 Å². The molecule has 0 heterocycles. The lowest BCUT2D eigenvalue weighted by atomic mass is 10.0. The van der Waals surface area contributed by atoms with Crippen molar-refractivity contribution in [3.8, 4) is 0 Å². The molecule has 0 aromatic rings. The zero-order chi connectivity index (χ0) is 17.7. The summed E-state index contributed by atoms with van der Waals surface area (Å²) in [7, 11) is 0. The molecule has 1 N–H and O–H groups in total. The van der Waals surface area contributed by atoms with Crippen LogP contribution in [0.3, 0.4) is 0 Å². The van der Waals surface area contributed by atoms with E-state index in [1.54, 1.807) is 0 Å². The SMILES string of the molecule is CCCCCCCCCCCCCCCCCC(=O)OCNCC. The van der Waals surface area contributed by atoms with E-state index in [2.05, 4.69) is 12.2 Å². The van der Waals surface area contributed by atoms with Crippen molar-refractivity contribution < 1.29 is 9.53 Å². The second kappa shape index (κ2) is 20.5. The van der Waals surface area contributed by atoms with Crippen molar-refractivity contribution in [1.29, 1.82) is 0 Å². The van der Waals surface area contributed by atoms with Crippen LogP contribution in [0.1, 0.15) is 117 Å². The summed E-state index contributed by atoms with van der Waals surface area (Å²) in [6.07, 6.45) is 20.8. The van der Waals surface area contributed by atoms with Gasteiger partial charge < -0.3 is 4.74 Å². The largest absolute Gasteiger partial charge is 0.450 e. The maximum absolute atomic E-state index is 11.4. The summed E-state index contributed by atoms with van der Waals surface area (Å²) in [6, 6.07) is 0. The molecule has 0 atom stereocenters. The Labute approximate surface area is 151 Å². The Hall–Kier alpha value is -0.570. The molecule has 0 saturated carbocycles. The highest BCUT2D eigenvalue weighted by atomic mass is 16.5. The smallest absolute Gasteiger partial charge is 0.307 e. The van der Waals surface area contributed by atoms with Gasteiger partial charge in [-0.3, -0.25) is 10.1 Å². The van der Waals surface area contributed by atoms with Gasteiger partial charge in [0.1, 0.15) is 6.73 Å². The Kier molecular flexibility index (Phi) is 20.0. The summed E-state index contributed by atoms with van der Waals surface area (Å²) in [5.74, 6) is -0.0642. The molecule has 0 aliphatic rings. The molecule has 0 rings (SSSR count). The lowest BCUT2D eigenvalue weighted by molar-refractivity contribution is -0.144. The molecular formula is C21H43NO2. The maximum atomic E-state index is 11.4. The molecule has 144 valence electrons. The van der Waals surface area contributed by atoms with Gasteiger partial charge in [-0.25, -0.2) is 0 Å². The first kappa shape index (κ1) is 23.4. The van der Waals surface area contributed by atoms with E-state index in [0.717, 1.165) is 19.4 Å². The van der Waals surface area contributed by atoms with E-state index in [-0.39, 0.29) is 5.97 Å². The minimum Gasteiger partial charge on any atom is -0.450 e. The average Bonchev–Trinajstić information content (AvgIpc) is 2.58. The monoisotopic (exact) mass is 341 g/mol. The summed E-state index contributed by atoms with van der Waals surface area (Å²) in [5, 5.41) is 2.99. The Bertz CT molecular complexity index is 256. The molecule has 0 aromatic heterocycles. The molecule has 0 radical (unpaired) electrons. The van der Waals surface area contributed by atoms with Crippen LogP contribution in [0, 0.1) is 0 Å². The number of rotatable bonds is 19. The predicted octanol–water partition coefficient (Wildman–Crippen LogP) is 6.36. The second-order valence-electron chi connectivity index (χ2n) is 6.96. The second-order valence-corrected chi connectivity index (χ2v) is 6.96. The number of unbranched alkanes of at least 4 members (excludes halogenated alkanes) is 14. The lowest BCUT2D eigenvalue weighted by Gasteiger charge is -2.05. The van der Waals surface area contributed by atoms with Crippen molar-refractivity contribution in [3.63, 3.8) is 0 Å². The Morgan fingerprint density at radius 2 is 1.08 bits per heavy atom. The van der Waals surface area contributed by atoms with Crippen LogP contribution in [0.2, 0.25) is 0 Å². The molecule has 0 aliphatic carbocycles. The third-order valence-electron chi connectivity index (χ3n) is 4.57. The minimum absolute atomic E-state index is 0.0642. The van der Waals surface area contributed by atoms with Gasteiger partial charge >= 0.3 is 5.97 Å². The molecule has 3 nitrogen and oxygen atoms in total. The zero-order valence-electron chi connectivity index (χ0n) is 16.5. The highest BCUT2D eigenvalue weighted by molar-refractivity contribution is 5.69. The molecule has 3 heteroatoms. The van der Waals surface area contributed by atoms with Crippen LogP contribution in [0.4, 0.5) is 0 Å². The van der Waals surface area contributed by atoms with Gasteiger partial charge in [-0.05, 0) is 13.0 Å². The fourth-order valence-electron chi connectivity index (χ4n) is 2.95. The van der Waals surface area contributed by atoms with E-state index < -0.39 is 0 Å². The van der Waals surface area contributed by atoms with Crippen molar-refractivity contribution in [3.05, 3.63) is 0 Å². The van der Waals surface area contributed by atoms with E-state index in [9.17, 15) is 4.79 Å². The van der Waals surface area contributed by atoms with E-state index in [0.29, 0.717) is 13.2 Å². The normalized spacial score (nSPS) is 10.9. The summed E-state index contributed by atoms with van der Waals surface area (Å²) >= 11 is 0. The highest BCUT2D eigenvalue weighted by Gasteiger charge is 2.01. The van der Waals surface area contributed by atoms with E-state index in [1.165, 1.54) is 83.5 Å². The molecule has 0 aliphatic heterocycles. The van der Waals surface area contributed by atoms with Gasteiger partial charge in [0, 0.05) is 6.42 Å². The molecule has 0 unspecified atom stereocenters. The van der Waals surface area contributed by atoms with Crippen molar-refractivity contribution in [2.45, 2.75) is 117 Å². The van der Waals surface area contributed by atoms with Gasteiger partial charge in [0.05, 0.1) is 0 Å². The third kappa shape index (κ3) is 19.5. The van der Waals surface area contributed by atoms with Crippen LogP contribution < -0.4 is 5.32 Å². The highest BCUT2D eigenvalue weighted by Crippen LogP contribution is 2.13. The molecular weight excluding hydrogens is 298 g/mol.